The maximum Gasteiger partial charge on any atom is 0.119 e. The van der Waals surface area contributed by atoms with Gasteiger partial charge in [0.1, 0.15) is 5.75 Å². The Hall–Kier alpha value is -1.77. The zero-order valence-corrected chi connectivity index (χ0v) is 9.84. The molecule has 0 aliphatic carbocycles. The second-order valence-corrected chi connectivity index (χ2v) is 4.03. The Morgan fingerprint density at radius 2 is 2.12 bits per heavy atom. The van der Waals surface area contributed by atoms with Crippen LogP contribution in [0.2, 0.25) is 0 Å². The van der Waals surface area contributed by atoms with Crippen molar-refractivity contribution in [2.75, 3.05) is 7.11 Å². The van der Waals surface area contributed by atoms with Crippen LogP contribution in [0.25, 0.3) is 11.3 Å². The lowest BCUT2D eigenvalue weighted by atomic mass is 10.1. The lowest BCUT2D eigenvalue weighted by molar-refractivity contribution is 0.415. The van der Waals surface area contributed by atoms with Gasteiger partial charge in [-0.2, -0.15) is 0 Å². The van der Waals surface area contributed by atoms with E-state index in [9.17, 15) is 0 Å². The first-order valence-electron chi connectivity index (χ1n) is 5.38. The third-order valence-electron chi connectivity index (χ3n) is 2.56. The van der Waals surface area contributed by atoms with Gasteiger partial charge in [0, 0.05) is 17.8 Å². The Balaban J connectivity index is 2.34. The smallest absolute Gasteiger partial charge is 0.119 e. The van der Waals surface area contributed by atoms with Crippen molar-refractivity contribution < 1.29 is 4.74 Å². The van der Waals surface area contributed by atoms with Crippen LogP contribution >= 0.6 is 0 Å². The van der Waals surface area contributed by atoms with E-state index in [1.165, 1.54) is 0 Å². The molecule has 2 rings (SSSR count). The van der Waals surface area contributed by atoms with Gasteiger partial charge in [0.2, 0.25) is 0 Å². The molecule has 84 valence electrons. The summed E-state index contributed by atoms with van der Waals surface area (Å²) >= 11 is 0. The molecule has 0 amide bonds. The van der Waals surface area contributed by atoms with Crippen LogP contribution < -0.4 is 4.74 Å². The highest BCUT2D eigenvalue weighted by molar-refractivity contribution is 5.60. The summed E-state index contributed by atoms with van der Waals surface area (Å²) in [5.74, 6) is 0.858. The molecule has 1 heterocycles. The molecular formula is C13H16N2O. The van der Waals surface area contributed by atoms with E-state index in [1.807, 2.05) is 30.6 Å². The molecule has 1 aromatic carbocycles. The number of imidazole rings is 1. The van der Waals surface area contributed by atoms with Crippen molar-refractivity contribution in [1.82, 2.24) is 9.55 Å². The van der Waals surface area contributed by atoms with Gasteiger partial charge in [0.15, 0.2) is 0 Å². The molecule has 0 saturated heterocycles. The van der Waals surface area contributed by atoms with Crippen LogP contribution in [0.3, 0.4) is 0 Å². The van der Waals surface area contributed by atoms with Crippen LogP contribution in [-0.4, -0.2) is 16.7 Å². The van der Waals surface area contributed by atoms with Crippen molar-refractivity contribution in [3.63, 3.8) is 0 Å². The topological polar surface area (TPSA) is 27.1 Å². The number of methoxy groups -OCH3 is 1. The molecule has 16 heavy (non-hydrogen) atoms. The summed E-state index contributed by atoms with van der Waals surface area (Å²) < 4.78 is 7.29. The van der Waals surface area contributed by atoms with Gasteiger partial charge in [-0.15, -0.1) is 0 Å². The van der Waals surface area contributed by atoms with Crippen LogP contribution in [0, 0.1) is 0 Å². The number of hydrogen-bond acceptors (Lipinski definition) is 2. The summed E-state index contributed by atoms with van der Waals surface area (Å²) in [4.78, 5) is 4.39. The monoisotopic (exact) mass is 216 g/mol. The summed E-state index contributed by atoms with van der Waals surface area (Å²) in [6.45, 7) is 4.27. The van der Waals surface area contributed by atoms with E-state index >= 15 is 0 Å². The molecule has 0 saturated carbocycles. The van der Waals surface area contributed by atoms with E-state index < -0.39 is 0 Å². The highest BCUT2D eigenvalue weighted by atomic mass is 16.5. The van der Waals surface area contributed by atoms with Crippen molar-refractivity contribution in [3.05, 3.63) is 36.8 Å². The highest BCUT2D eigenvalue weighted by Gasteiger charge is 2.04. The second kappa shape index (κ2) is 4.39. The molecule has 0 bridgehead atoms. The molecule has 0 N–H and O–H groups in total. The zero-order valence-electron chi connectivity index (χ0n) is 9.84. The number of aromatic nitrogens is 2. The first-order valence-corrected chi connectivity index (χ1v) is 5.38. The predicted molar refractivity (Wildman–Crippen MR) is 64.6 cm³/mol. The van der Waals surface area contributed by atoms with Crippen molar-refractivity contribution in [2.24, 2.45) is 0 Å². The Labute approximate surface area is 95.7 Å². The van der Waals surface area contributed by atoms with Crippen LogP contribution in [0.1, 0.15) is 19.9 Å². The van der Waals surface area contributed by atoms with E-state index in [4.69, 9.17) is 4.74 Å². The van der Waals surface area contributed by atoms with Crippen LogP contribution in [0.5, 0.6) is 5.75 Å². The minimum atomic E-state index is 0.437. The molecule has 0 radical (unpaired) electrons. The molecule has 0 fully saturated rings. The largest absolute Gasteiger partial charge is 0.497 e. The van der Waals surface area contributed by atoms with Gasteiger partial charge in [0.25, 0.3) is 0 Å². The van der Waals surface area contributed by atoms with E-state index in [2.05, 4.69) is 29.6 Å². The Bertz CT molecular complexity index is 474. The number of nitrogens with zero attached hydrogens (tertiary/aromatic N) is 2. The fourth-order valence-electron chi connectivity index (χ4n) is 1.55. The van der Waals surface area contributed by atoms with Gasteiger partial charge in [-0.25, -0.2) is 4.98 Å². The third kappa shape index (κ3) is 2.08. The van der Waals surface area contributed by atoms with E-state index in [-0.39, 0.29) is 0 Å². The van der Waals surface area contributed by atoms with E-state index in [0.717, 1.165) is 17.0 Å². The first kappa shape index (κ1) is 10.7. The molecule has 0 atom stereocenters. The zero-order chi connectivity index (χ0) is 11.5. The average molecular weight is 216 g/mol. The van der Waals surface area contributed by atoms with Gasteiger partial charge in [-0.1, -0.05) is 12.1 Å². The highest BCUT2D eigenvalue weighted by Crippen LogP contribution is 2.22. The van der Waals surface area contributed by atoms with E-state index in [0.29, 0.717) is 6.04 Å². The quantitative estimate of drug-likeness (QED) is 0.788. The van der Waals surface area contributed by atoms with Crippen molar-refractivity contribution >= 4 is 0 Å². The molecule has 0 unspecified atom stereocenters. The fourth-order valence-corrected chi connectivity index (χ4v) is 1.55. The van der Waals surface area contributed by atoms with Gasteiger partial charge in [0.05, 0.1) is 19.1 Å². The molecule has 1 aromatic heterocycles. The number of rotatable bonds is 3. The molecule has 3 heteroatoms. The molecule has 3 nitrogen and oxygen atoms in total. The maximum absolute atomic E-state index is 5.20. The van der Waals surface area contributed by atoms with Gasteiger partial charge in [-0.3, -0.25) is 0 Å². The standard InChI is InChI=1S/C13H16N2O/c1-10(2)15-8-13(14-9-15)11-5-4-6-12(7-11)16-3/h4-10H,1-3H3. The Morgan fingerprint density at radius 1 is 1.31 bits per heavy atom. The van der Waals surface area contributed by atoms with Gasteiger partial charge in [-0.05, 0) is 26.0 Å². The second-order valence-electron chi connectivity index (χ2n) is 4.03. The summed E-state index contributed by atoms with van der Waals surface area (Å²) in [5.41, 5.74) is 2.06. The fraction of sp³-hybridized carbons (Fsp3) is 0.308. The van der Waals surface area contributed by atoms with Gasteiger partial charge < -0.3 is 9.30 Å². The Kier molecular flexibility index (Phi) is 2.95. The summed E-state index contributed by atoms with van der Waals surface area (Å²) in [6, 6.07) is 8.38. The Morgan fingerprint density at radius 3 is 2.75 bits per heavy atom. The number of hydrogen-bond donors (Lipinski definition) is 0. The SMILES string of the molecule is COc1cccc(-c2cn(C(C)C)cn2)c1. The first-order chi connectivity index (χ1) is 7.70. The lowest BCUT2D eigenvalue weighted by Gasteiger charge is -2.04. The summed E-state index contributed by atoms with van der Waals surface area (Å²) in [7, 11) is 1.67. The van der Waals surface area contributed by atoms with E-state index in [1.54, 1.807) is 7.11 Å². The molecule has 0 aliphatic rings. The van der Waals surface area contributed by atoms with Gasteiger partial charge >= 0.3 is 0 Å². The minimum absolute atomic E-state index is 0.437. The number of benzene rings is 1. The maximum atomic E-state index is 5.20. The van der Waals surface area contributed by atoms with Crippen molar-refractivity contribution in [2.45, 2.75) is 19.9 Å². The minimum Gasteiger partial charge on any atom is -0.497 e. The predicted octanol–water partition coefficient (Wildman–Crippen LogP) is 3.14. The average Bonchev–Trinajstić information content (AvgIpc) is 2.78. The number of ether oxygens (including phenoxy) is 1. The van der Waals surface area contributed by atoms with Crippen LogP contribution in [0.15, 0.2) is 36.8 Å². The molecule has 2 aromatic rings. The molecular weight excluding hydrogens is 200 g/mol. The lowest BCUT2D eigenvalue weighted by Crippen LogP contribution is -1.95. The van der Waals surface area contributed by atoms with Crippen molar-refractivity contribution in [3.8, 4) is 17.0 Å². The summed E-state index contributed by atoms with van der Waals surface area (Å²) in [6.07, 6.45) is 3.92. The van der Waals surface area contributed by atoms with Crippen LogP contribution in [0.4, 0.5) is 0 Å². The van der Waals surface area contributed by atoms with Crippen LogP contribution in [-0.2, 0) is 0 Å². The molecule has 0 spiro atoms. The summed E-state index contributed by atoms with van der Waals surface area (Å²) in [5, 5.41) is 0. The normalized spacial score (nSPS) is 10.8. The molecule has 0 aliphatic heterocycles. The van der Waals surface area contributed by atoms with Crippen molar-refractivity contribution in [1.29, 1.82) is 0 Å². The third-order valence-corrected chi connectivity index (χ3v) is 2.56.